The number of aryl methyl sites for hydroxylation is 1. The summed E-state index contributed by atoms with van der Waals surface area (Å²) in [6.07, 6.45) is 3.33. The van der Waals surface area contributed by atoms with Crippen molar-refractivity contribution in [2.45, 2.75) is 52.2 Å². The van der Waals surface area contributed by atoms with Crippen molar-refractivity contribution < 1.29 is 14.3 Å². The summed E-state index contributed by atoms with van der Waals surface area (Å²) >= 11 is 0. The third kappa shape index (κ3) is 4.62. The molecule has 21 heavy (non-hydrogen) atoms. The van der Waals surface area contributed by atoms with Gasteiger partial charge in [-0.1, -0.05) is 0 Å². The van der Waals surface area contributed by atoms with E-state index in [0.29, 0.717) is 6.54 Å². The van der Waals surface area contributed by atoms with Crippen LogP contribution in [-0.2, 0) is 4.74 Å². The van der Waals surface area contributed by atoms with Crippen LogP contribution >= 0.6 is 0 Å². The van der Waals surface area contributed by atoms with Crippen LogP contribution in [0, 0.1) is 6.92 Å². The lowest BCUT2D eigenvalue weighted by Crippen LogP contribution is -2.46. The fourth-order valence-corrected chi connectivity index (χ4v) is 2.30. The van der Waals surface area contributed by atoms with Crippen molar-refractivity contribution >= 4 is 6.09 Å². The van der Waals surface area contributed by atoms with E-state index >= 15 is 0 Å². The van der Waals surface area contributed by atoms with E-state index < -0.39 is 5.60 Å². The van der Waals surface area contributed by atoms with Crippen molar-refractivity contribution in [3.8, 4) is 5.75 Å². The number of piperidine rings is 1. The molecule has 1 aliphatic rings. The van der Waals surface area contributed by atoms with Crippen molar-refractivity contribution in [2.75, 3.05) is 13.1 Å². The van der Waals surface area contributed by atoms with Crippen molar-refractivity contribution in [3.63, 3.8) is 0 Å². The lowest BCUT2D eigenvalue weighted by molar-refractivity contribution is 0.00765. The van der Waals surface area contributed by atoms with E-state index in [9.17, 15) is 4.79 Å². The van der Waals surface area contributed by atoms with Crippen LogP contribution in [0.2, 0.25) is 0 Å². The molecule has 1 atom stereocenters. The second-order valence-corrected chi connectivity index (χ2v) is 6.40. The molecule has 1 fully saturated rings. The smallest absolute Gasteiger partial charge is 0.410 e. The van der Waals surface area contributed by atoms with E-state index in [0.717, 1.165) is 30.8 Å². The highest BCUT2D eigenvalue weighted by atomic mass is 16.6. The van der Waals surface area contributed by atoms with E-state index in [-0.39, 0.29) is 12.2 Å². The van der Waals surface area contributed by atoms with E-state index in [1.807, 2.05) is 39.8 Å². The molecule has 0 aliphatic carbocycles. The first-order valence-corrected chi connectivity index (χ1v) is 7.41. The summed E-state index contributed by atoms with van der Waals surface area (Å²) in [5, 5.41) is 0. The van der Waals surface area contributed by atoms with E-state index in [1.54, 1.807) is 11.1 Å². The first-order chi connectivity index (χ1) is 9.85. The Bertz CT molecular complexity index is 497. The van der Waals surface area contributed by atoms with Crippen LogP contribution in [0.3, 0.4) is 0 Å². The zero-order valence-electron chi connectivity index (χ0n) is 13.3. The Morgan fingerprint density at radius 1 is 1.43 bits per heavy atom. The normalized spacial score (nSPS) is 19.2. The number of pyridine rings is 1. The molecule has 0 saturated carbocycles. The number of hydrogen-bond donors (Lipinski definition) is 0. The Labute approximate surface area is 126 Å². The maximum absolute atomic E-state index is 12.1. The van der Waals surface area contributed by atoms with Crippen LogP contribution in [-0.4, -0.2) is 40.8 Å². The molecule has 1 aliphatic heterocycles. The molecule has 5 heteroatoms. The standard InChI is InChI=1S/C16H24N2O3/c1-12-14(8-5-9-17-12)20-13-7-6-10-18(11-13)15(19)21-16(2,3)4/h5,8-9,13H,6-7,10-11H2,1-4H3/t13-/m1/s1. The van der Waals surface area contributed by atoms with Gasteiger partial charge in [0.05, 0.1) is 12.2 Å². The third-order valence-corrected chi connectivity index (χ3v) is 3.28. The van der Waals surface area contributed by atoms with Gasteiger partial charge >= 0.3 is 6.09 Å². The molecular weight excluding hydrogens is 268 g/mol. The van der Waals surface area contributed by atoms with Crippen LogP contribution < -0.4 is 4.74 Å². The average molecular weight is 292 g/mol. The van der Waals surface area contributed by atoms with Gasteiger partial charge in [0.15, 0.2) is 0 Å². The maximum atomic E-state index is 12.1. The summed E-state index contributed by atoms with van der Waals surface area (Å²) in [4.78, 5) is 18.1. The first kappa shape index (κ1) is 15.6. The molecule has 2 rings (SSSR count). The molecule has 1 amide bonds. The highest BCUT2D eigenvalue weighted by Crippen LogP contribution is 2.21. The molecule has 0 unspecified atom stereocenters. The van der Waals surface area contributed by atoms with Crippen molar-refractivity contribution in [1.82, 2.24) is 9.88 Å². The fourth-order valence-electron chi connectivity index (χ4n) is 2.30. The third-order valence-electron chi connectivity index (χ3n) is 3.28. The van der Waals surface area contributed by atoms with Crippen molar-refractivity contribution in [1.29, 1.82) is 0 Å². The number of hydrogen-bond acceptors (Lipinski definition) is 4. The second kappa shape index (κ2) is 6.33. The number of ether oxygens (including phenoxy) is 2. The Hall–Kier alpha value is -1.78. The lowest BCUT2D eigenvalue weighted by Gasteiger charge is -2.34. The molecule has 0 bridgehead atoms. The van der Waals surface area contributed by atoms with Gasteiger partial charge in [-0.15, -0.1) is 0 Å². The Morgan fingerprint density at radius 3 is 2.86 bits per heavy atom. The van der Waals surface area contributed by atoms with Gasteiger partial charge in [0.25, 0.3) is 0 Å². The van der Waals surface area contributed by atoms with Gasteiger partial charge in [-0.25, -0.2) is 4.79 Å². The first-order valence-electron chi connectivity index (χ1n) is 7.41. The molecular formula is C16H24N2O3. The second-order valence-electron chi connectivity index (χ2n) is 6.40. The summed E-state index contributed by atoms with van der Waals surface area (Å²) in [5.74, 6) is 0.786. The number of aromatic nitrogens is 1. The van der Waals surface area contributed by atoms with Gasteiger partial charge in [0.1, 0.15) is 17.5 Å². The number of nitrogens with zero attached hydrogens (tertiary/aromatic N) is 2. The minimum Gasteiger partial charge on any atom is -0.487 e. The molecule has 0 N–H and O–H groups in total. The van der Waals surface area contributed by atoms with Gasteiger partial charge in [0.2, 0.25) is 0 Å². The minimum atomic E-state index is -0.467. The molecule has 2 heterocycles. The van der Waals surface area contributed by atoms with Gasteiger partial charge in [-0.3, -0.25) is 4.98 Å². The molecule has 0 radical (unpaired) electrons. The minimum absolute atomic E-state index is 0.00540. The van der Waals surface area contributed by atoms with Gasteiger partial charge in [-0.05, 0) is 52.7 Å². The molecule has 0 aromatic carbocycles. The van der Waals surface area contributed by atoms with Gasteiger partial charge in [0, 0.05) is 12.7 Å². The maximum Gasteiger partial charge on any atom is 0.410 e. The van der Waals surface area contributed by atoms with Crippen molar-refractivity contribution in [3.05, 3.63) is 24.0 Å². The molecule has 0 spiro atoms. The van der Waals surface area contributed by atoms with Crippen LogP contribution in [0.25, 0.3) is 0 Å². The molecule has 1 aromatic heterocycles. The fraction of sp³-hybridized carbons (Fsp3) is 0.625. The monoisotopic (exact) mass is 292 g/mol. The van der Waals surface area contributed by atoms with Gasteiger partial charge in [-0.2, -0.15) is 0 Å². The quantitative estimate of drug-likeness (QED) is 0.840. The highest BCUT2D eigenvalue weighted by Gasteiger charge is 2.28. The number of carbonyl (C=O) groups excluding carboxylic acids is 1. The summed E-state index contributed by atoms with van der Waals surface area (Å²) in [6, 6.07) is 3.77. The summed E-state index contributed by atoms with van der Waals surface area (Å²) in [5.41, 5.74) is 0.400. The van der Waals surface area contributed by atoms with Crippen molar-refractivity contribution in [2.24, 2.45) is 0 Å². The van der Waals surface area contributed by atoms with E-state index in [4.69, 9.17) is 9.47 Å². The summed E-state index contributed by atoms with van der Waals surface area (Å²) in [7, 11) is 0. The largest absolute Gasteiger partial charge is 0.487 e. The predicted molar refractivity (Wildman–Crippen MR) is 80.4 cm³/mol. The zero-order chi connectivity index (χ0) is 15.5. The number of amides is 1. The molecule has 116 valence electrons. The number of rotatable bonds is 2. The number of likely N-dealkylation sites (tertiary alicyclic amines) is 1. The SMILES string of the molecule is Cc1ncccc1O[C@@H]1CCCN(C(=O)OC(C)(C)C)C1. The summed E-state index contributed by atoms with van der Waals surface area (Å²) in [6.45, 7) is 8.83. The van der Waals surface area contributed by atoms with E-state index in [1.165, 1.54) is 0 Å². The highest BCUT2D eigenvalue weighted by molar-refractivity contribution is 5.68. The Kier molecular flexibility index (Phi) is 4.70. The Morgan fingerprint density at radius 2 is 2.19 bits per heavy atom. The van der Waals surface area contributed by atoms with Crippen LogP contribution in [0.5, 0.6) is 5.75 Å². The molecule has 5 nitrogen and oxygen atoms in total. The average Bonchev–Trinajstić information content (AvgIpc) is 2.40. The Balaban J connectivity index is 1.95. The number of carbonyl (C=O) groups is 1. The van der Waals surface area contributed by atoms with Crippen LogP contribution in [0.4, 0.5) is 4.79 Å². The lowest BCUT2D eigenvalue weighted by atomic mass is 10.1. The zero-order valence-corrected chi connectivity index (χ0v) is 13.3. The van der Waals surface area contributed by atoms with Crippen LogP contribution in [0.15, 0.2) is 18.3 Å². The summed E-state index contributed by atoms with van der Waals surface area (Å²) < 4.78 is 11.4. The van der Waals surface area contributed by atoms with E-state index in [2.05, 4.69) is 4.98 Å². The molecule has 1 saturated heterocycles. The molecule has 1 aromatic rings. The van der Waals surface area contributed by atoms with Gasteiger partial charge < -0.3 is 14.4 Å². The predicted octanol–water partition coefficient (Wildman–Crippen LogP) is 3.17. The topological polar surface area (TPSA) is 51.7 Å². The van der Waals surface area contributed by atoms with Crippen LogP contribution in [0.1, 0.15) is 39.3 Å².